The highest BCUT2D eigenvalue weighted by Gasteiger charge is 2.19. The van der Waals surface area contributed by atoms with E-state index >= 15 is 0 Å². The second-order valence-corrected chi connectivity index (χ2v) is 5.85. The van der Waals surface area contributed by atoms with Gasteiger partial charge in [-0.1, -0.05) is 42.5 Å². The van der Waals surface area contributed by atoms with E-state index in [9.17, 15) is 14.0 Å². The van der Waals surface area contributed by atoms with Gasteiger partial charge in [0.05, 0.1) is 0 Å². The van der Waals surface area contributed by atoms with Gasteiger partial charge >= 0.3 is 0 Å². The van der Waals surface area contributed by atoms with Crippen molar-refractivity contribution in [2.75, 3.05) is 5.84 Å². The number of amides is 1. The fraction of sp³-hybridized carbons (Fsp3) is 0.100. The van der Waals surface area contributed by atoms with E-state index in [1.54, 1.807) is 12.1 Å². The summed E-state index contributed by atoms with van der Waals surface area (Å²) >= 11 is 0. The third-order valence-electron chi connectivity index (χ3n) is 3.89. The molecule has 0 saturated heterocycles. The van der Waals surface area contributed by atoms with Crippen LogP contribution in [0.4, 0.5) is 4.39 Å². The van der Waals surface area contributed by atoms with Crippen LogP contribution in [-0.4, -0.2) is 10.6 Å². The van der Waals surface area contributed by atoms with Crippen LogP contribution in [0, 0.1) is 5.82 Å². The molecule has 0 saturated carbocycles. The number of nitrogen functional groups attached to an aromatic ring is 1. The maximum Gasteiger partial charge on any atom is 0.274 e. The summed E-state index contributed by atoms with van der Waals surface area (Å²) in [5.74, 6) is 4.78. The highest BCUT2D eigenvalue weighted by atomic mass is 19.1. The van der Waals surface area contributed by atoms with E-state index in [4.69, 9.17) is 10.6 Å². The summed E-state index contributed by atoms with van der Waals surface area (Å²) in [7, 11) is 0. The summed E-state index contributed by atoms with van der Waals surface area (Å²) in [6, 6.07) is 16.2. The summed E-state index contributed by atoms with van der Waals surface area (Å²) < 4.78 is 19.6. The number of carbonyl (C=O) groups excluding carboxylic acids is 1. The number of ether oxygens (including phenoxy) is 1. The molecule has 0 aliphatic heterocycles. The molecule has 6 nitrogen and oxygen atoms in total. The Morgan fingerprint density at radius 3 is 2.44 bits per heavy atom. The van der Waals surface area contributed by atoms with Crippen LogP contribution >= 0.6 is 0 Å². The lowest BCUT2D eigenvalue weighted by atomic mass is 10.2. The van der Waals surface area contributed by atoms with E-state index in [0.717, 1.165) is 10.2 Å². The molecule has 0 radical (unpaired) electrons. The van der Waals surface area contributed by atoms with Crippen molar-refractivity contribution >= 4 is 5.91 Å². The number of pyridine rings is 1. The molecule has 138 valence electrons. The Morgan fingerprint density at radius 1 is 1.04 bits per heavy atom. The number of aromatic nitrogens is 1. The maximum atomic E-state index is 13.0. The number of rotatable bonds is 6. The predicted molar refractivity (Wildman–Crippen MR) is 99.2 cm³/mol. The second-order valence-electron chi connectivity index (χ2n) is 5.85. The summed E-state index contributed by atoms with van der Waals surface area (Å²) in [4.78, 5) is 24.8. The smallest absolute Gasteiger partial charge is 0.274 e. The fourth-order valence-electron chi connectivity index (χ4n) is 2.49. The highest BCUT2D eigenvalue weighted by Crippen LogP contribution is 2.14. The average Bonchev–Trinajstić information content (AvgIpc) is 2.68. The largest absolute Gasteiger partial charge is 0.482 e. The second kappa shape index (κ2) is 8.18. The van der Waals surface area contributed by atoms with Crippen molar-refractivity contribution in [3.8, 4) is 5.75 Å². The SMILES string of the molecule is Nn1ccc(=O)c(OCc2ccccc2)c1C(=O)NCc1ccc(F)cc1. The molecule has 0 aliphatic rings. The number of nitrogens with one attached hydrogen (secondary N) is 1. The van der Waals surface area contributed by atoms with E-state index in [1.807, 2.05) is 30.3 Å². The molecule has 0 bridgehead atoms. The molecule has 0 aliphatic carbocycles. The van der Waals surface area contributed by atoms with Gasteiger partial charge in [-0.25, -0.2) is 4.39 Å². The molecule has 0 spiro atoms. The standard InChI is InChI=1S/C20H18FN3O3/c21-16-8-6-14(7-9-16)12-23-20(26)18-19(17(25)10-11-24(18)22)27-13-15-4-2-1-3-5-15/h1-11H,12-13,22H2,(H,23,26). The highest BCUT2D eigenvalue weighted by molar-refractivity contribution is 5.95. The molecule has 0 atom stereocenters. The van der Waals surface area contributed by atoms with Gasteiger partial charge in [0, 0.05) is 18.8 Å². The number of halogens is 1. The molecule has 27 heavy (non-hydrogen) atoms. The monoisotopic (exact) mass is 367 g/mol. The lowest BCUT2D eigenvalue weighted by molar-refractivity contribution is 0.0937. The maximum absolute atomic E-state index is 13.0. The summed E-state index contributed by atoms with van der Waals surface area (Å²) in [6.45, 7) is 0.276. The Balaban J connectivity index is 1.78. The first-order valence-electron chi connectivity index (χ1n) is 8.24. The average molecular weight is 367 g/mol. The van der Waals surface area contributed by atoms with Crippen molar-refractivity contribution in [2.45, 2.75) is 13.2 Å². The van der Waals surface area contributed by atoms with Crippen LogP contribution < -0.4 is 21.3 Å². The molecule has 0 fully saturated rings. The van der Waals surface area contributed by atoms with Crippen LogP contribution in [-0.2, 0) is 13.2 Å². The van der Waals surface area contributed by atoms with Crippen LogP contribution in [0.15, 0.2) is 71.7 Å². The lowest BCUT2D eigenvalue weighted by Gasteiger charge is -2.14. The van der Waals surface area contributed by atoms with Crippen LogP contribution in [0.3, 0.4) is 0 Å². The van der Waals surface area contributed by atoms with Gasteiger partial charge in [0.2, 0.25) is 5.43 Å². The molecule has 1 heterocycles. The minimum atomic E-state index is -0.567. The molecule has 3 rings (SSSR count). The zero-order valence-electron chi connectivity index (χ0n) is 14.4. The molecule has 1 aromatic heterocycles. The molecule has 2 aromatic carbocycles. The third kappa shape index (κ3) is 4.52. The van der Waals surface area contributed by atoms with Crippen LogP contribution in [0.25, 0.3) is 0 Å². The Kier molecular flexibility index (Phi) is 5.51. The summed E-state index contributed by atoms with van der Waals surface area (Å²) in [6.07, 6.45) is 1.30. The van der Waals surface area contributed by atoms with Crippen molar-refractivity contribution < 1.29 is 13.9 Å². The zero-order chi connectivity index (χ0) is 19.2. The lowest BCUT2D eigenvalue weighted by Crippen LogP contribution is -2.32. The number of carbonyl (C=O) groups is 1. The van der Waals surface area contributed by atoms with Crippen molar-refractivity contribution in [3.63, 3.8) is 0 Å². The quantitative estimate of drug-likeness (QED) is 0.654. The van der Waals surface area contributed by atoms with Crippen molar-refractivity contribution in [3.05, 3.63) is 99.7 Å². The van der Waals surface area contributed by atoms with E-state index in [0.29, 0.717) is 5.56 Å². The van der Waals surface area contributed by atoms with Gasteiger partial charge in [-0.3, -0.25) is 14.3 Å². The van der Waals surface area contributed by atoms with Crippen molar-refractivity contribution in [1.82, 2.24) is 9.99 Å². The van der Waals surface area contributed by atoms with E-state index in [1.165, 1.54) is 24.4 Å². The number of hydrogen-bond acceptors (Lipinski definition) is 4. The van der Waals surface area contributed by atoms with Gasteiger partial charge in [-0.2, -0.15) is 0 Å². The minimum Gasteiger partial charge on any atom is -0.482 e. The van der Waals surface area contributed by atoms with Gasteiger partial charge in [0.1, 0.15) is 12.4 Å². The third-order valence-corrected chi connectivity index (χ3v) is 3.89. The molecular weight excluding hydrogens is 349 g/mol. The van der Waals surface area contributed by atoms with Gasteiger partial charge in [-0.15, -0.1) is 0 Å². The number of benzene rings is 2. The van der Waals surface area contributed by atoms with Crippen LogP contribution in [0.5, 0.6) is 5.75 Å². The Morgan fingerprint density at radius 2 is 1.74 bits per heavy atom. The van der Waals surface area contributed by atoms with Gasteiger partial charge < -0.3 is 15.9 Å². The Labute approximate surface area is 155 Å². The molecule has 0 unspecified atom stereocenters. The molecule has 7 heteroatoms. The molecule has 3 N–H and O–H groups in total. The van der Waals surface area contributed by atoms with Crippen LogP contribution in [0.2, 0.25) is 0 Å². The number of nitrogens with zero attached hydrogens (tertiary/aromatic N) is 1. The van der Waals surface area contributed by atoms with E-state index in [-0.39, 0.29) is 30.4 Å². The van der Waals surface area contributed by atoms with E-state index < -0.39 is 11.3 Å². The normalized spacial score (nSPS) is 10.4. The predicted octanol–water partition coefficient (Wildman–Crippen LogP) is 2.21. The Hall–Kier alpha value is -3.61. The first-order valence-corrected chi connectivity index (χ1v) is 8.24. The minimum absolute atomic E-state index is 0.0828. The number of nitrogens with two attached hydrogens (primary N) is 1. The van der Waals surface area contributed by atoms with Gasteiger partial charge in [0.15, 0.2) is 11.4 Å². The van der Waals surface area contributed by atoms with Crippen LogP contribution in [0.1, 0.15) is 21.6 Å². The topological polar surface area (TPSA) is 86.3 Å². The van der Waals surface area contributed by atoms with Crippen molar-refractivity contribution in [1.29, 1.82) is 0 Å². The number of hydrogen-bond donors (Lipinski definition) is 2. The van der Waals surface area contributed by atoms with Crippen molar-refractivity contribution in [2.24, 2.45) is 0 Å². The zero-order valence-corrected chi connectivity index (χ0v) is 14.4. The van der Waals surface area contributed by atoms with Gasteiger partial charge in [-0.05, 0) is 23.3 Å². The summed E-state index contributed by atoms with van der Waals surface area (Å²) in [5.41, 5.74) is 1.03. The fourth-order valence-corrected chi connectivity index (χ4v) is 2.49. The first-order chi connectivity index (χ1) is 13.0. The van der Waals surface area contributed by atoms with Gasteiger partial charge in [0.25, 0.3) is 5.91 Å². The molecular formula is C20H18FN3O3. The molecule has 3 aromatic rings. The summed E-state index contributed by atoms with van der Waals surface area (Å²) in [5, 5.41) is 2.66. The van der Waals surface area contributed by atoms with E-state index in [2.05, 4.69) is 5.32 Å². The Bertz CT molecular complexity index is 986. The molecule has 1 amide bonds. The first kappa shape index (κ1) is 18.2.